The van der Waals surface area contributed by atoms with E-state index in [1.165, 1.54) is 24.3 Å². The second kappa shape index (κ2) is 13.9. The Hall–Kier alpha value is -3.17. The number of amides is 1. The van der Waals surface area contributed by atoms with Gasteiger partial charge in [-0.2, -0.15) is 0 Å². The molecule has 1 atom stereocenters. The second-order valence-corrected chi connectivity index (χ2v) is 6.47. The van der Waals surface area contributed by atoms with Crippen LogP contribution in [0.3, 0.4) is 0 Å². The van der Waals surface area contributed by atoms with Crippen LogP contribution in [0.15, 0.2) is 24.3 Å². The molecule has 10 nitrogen and oxygen atoms in total. The molecule has 0 radical (unpaired) electrons. The number of hydrogen-bond acceptors (Lipinski definition) is 8. The summed E-state index contributed by atoms with van der Waals surface area (Å²) < 4.78 is 15.2. The first kappa shape index (κ1) is 24.9. The first-order valence-electron chi connectivity index (χ1n) is 9.92. The van der Waals surface area contributed by atoms with Crippen molar-refractivity contribution in [2.24, 2.45) is 0 Å². The maximum atomic E-state index is 12.3. The van der Waals surface area contributed by atoms with Gasteiger partial charge in [-0.15, -0.1) is 0 Å². The Morgan fingerprint density at radius 1 is 1.03 bits per heavy atom. The number of nitro benzene ring substituents is 1. The third kappa shape index (κ3) is 9.85. The van der Waals surface area contributed by atoms with Gasteiger partial charge in [0.2, 0.25) is 0 Å². The molecule has 10 heteroatoms. The van der Waals surface area contributed by atoms with E-state index in [4.69, 9.17) is 14.2 Å². The van der Waals surface area contributed by atoms with Gasteiger partial charge in [-0.3, -0.25) is 14.9 Å². The minimum Gasteiger partial charge on any atom is -0.466 e. The van der Waals surface area contributed by atoms with Gasteiger partial charge in [0.1, 0.15) is 11.8 Å². The molecule has 30 heavy (non-hydrogen) atoms. The van der Waals surface area contributed by atoms with Crippen molar-refractivity contribution in [1.82, 2.24) is 5.32 Å². The molecule has 0 saturated carbocycles. The van der Waals surface area contributed by atoms with Gasteiger partial charge in [0.15, 0.2) is 0 Å². The zero-order valence-corrected chi connectivity index (χ0v) is 17.3. The monoisotopic (exact) mass is 424 g/mol. The highest BCUT2D eigenvalue weighted by molar-refractivity contribution is 5.82. The predicted molar refractivity (Wildman–Crippen MR) is 107 cm³/mol. The largest absolute Gasteiger partial charge is 0.466 e. The Morgan fingerprint density at radius 3 is 2.20 bits per heavy atom. The van der Waals surface area contributed by atoms with Crippen LogP contribution in [0.2, 0.25) is 0 Å². The van der Waals surface area contributed by atoms with Gasteiger partial charge < -0.3 is 19.5 Å². The van der Waals surface area contributed by atoms with Gasteiger partial charge in [0, 0.05) is 18.6 Å². The fourth-order valence-corrected chi connectivity index (χ4v) is 2.25. The summed E-state index contributed by atoms with van der Waals surface area (Å²) in [5.74, 6) is -1.08. The van der Waals surface area contributed by atoms with Crippen LogP contribution in [0, 0.1) is 10.1 Å². The van der Waals surface area contributed by atoms with Crippen LogP contribution in [0.4, 0.5) is 10.5 Å². The standard InChI is InChI=1S/C20H28N2O8/c1-3-5-13-28-18(23)12-11-17(19(24)29-14-6-4-2)21-20(25)30-16-9-7-15(8-10-16)22(26)27/h7-10,17H,3-6,11-14H2,1-2H3,(H,21,25)/t17-/m0/s1. The Kier molecular flexibility index (Phi) is 11.5. The highest BCUT2D eigenvalue weighted by Gasteiger charge is 2.24. The number of rotatable bonds is 13. The summed E-state index contributed by atoms with van der Waals surface area (Å²) in [6.07, 6.45) is 2.10. The van der Waals surface area contributed by atoms with Crippen molar-refractivity contribution >= 4 is 23.7 Å². The van der Waals surface area contributed by atoms with Crippen molar-refractivity contribution in [1.29, 1.82) is 0 Å². The number of unbranched alkanes of at least 4 members (excludes halogenated alkanes) is 2. The van der Waals surface area contributed by atoms with E-state index in [1.54, 1.807) is 0 Å². The highest BCUT2D eigenvalue weighted by Crippen LogP contribution is 2.17. The Balaban J connectivity index is 2.65. The molecular weight excluding hydrogens is 396 g/mol. The van der Waals surface area contributed by atoms with E-state index in [-0.39, 0.29) is 30.9 Å². The molecule has 0 aliphatic carbocycles. The highest BCUT2D eigenvalue weighted by atomic mass is 16.6. The minimum absolute atomic E-state index is 0.00865. The van der Waals surface area contributed by atoms with Crippen molar-refractivity contribution in [2.75, 3.05) is 13.2 Å². The second-order valence-electron chi connectivity index (χ2n) is 6.47. The first-order chi connectivity index (χ1) is 14.4. The number of hydrogen-bond donors (Lipinski definition) is 1. The molecular formula is C20H28N2O8. The molecule has 0 heterocycles. The Morgan fingerprint density at radius 2 is 1.63 bits per heavy atom. The van der Waals surface area contributed by atoms with Gasteiger partial charge >= 0.3 is 18.0 Å². The lowest BCUT2D eigenvalue weighted by atomic mass is 10.1. The average molecular weight is 424 g/mol. The molecule has 0 aliphatic rings. The van der Waals surface area contributed by atoms with Crippen LogP contribution in [-0.4, -0.2) is 42.2 Å². The van der Waals surface area contributed by atoms with E-state index in [9.17, 15) is 24.5 Å². The van der Waals surface area contributed by atoms with Crippen LogP contribution in [0.1, 0.15) is 52.4 Å². The summed E-state index contributed by atoms with van der Waals surface area (Å²) in [7, 11) is 0. The molecule has 0 spiro atoms. The van der Waals surface area contributed by atoms with Crippen LogP contribution in [0.5, 0.6) is 5.75 Å². The molecule has 1 aromatic rings. The fourth-order valence-electron chi connectivity index (χ4n) is 2.25. The molecule has 166 valence electrons. The summed E-state index contributed by atoms with van der Waals surface area (Å²) in [6.45, 7) is 4.41. The summed E-state index contributed by atoms with van der Waals surface area (Å²) >= 11 is 0. The number of carbonyl (C=O) groups is 3. The SMILES string of the molecule is CCCCOC(=O)CC[C@H](NC(=O)Oc1ccc([N+](=O)[O-])cc1)C(=O)OCCCC. The number of nitrogens with zero attached hydrogens (tertiary/aromatic N) is 1. The van der Waals surface area contributed by atoms with E-state index in [1.807, 2.05) is 13.8 Å². The maximum Gasteiger partial charge on any atom is 0.413 e. The zero-order chi connectivity index (χ0) is 22.4. The Bertz CT molecular complexity index is 705. The van der Waals surface area contributed by atoms with Crippen molar-refractivity contribution in [3.8, 4) is 5.75 Å². The number of nitro groups is 1. The quantitative estimate of drug-likeness (QED) is 0.220. The normalized spacial score (nSPS) is 11.3. The van der Waals surface area contributed by atoms with Crippen molar-refractivity contribution < 1.29 is 33.5 Å². The van der Waals surface area contributed by atoms with E-state index in [2.05, 4.69) is 5.32 Å². The molecule has 1 aromatic carbocycles. The molecule has 0 aromatic heterocycles. The Labute approximate surface area is 175 Å². The molecule has 1 rings (SSSR count). The zero-order valence-electron chi connectivity index (χ0n) is 17.3. The number of ether oxygens (including phenoxy) is 3. The maximum absolute atomic E-state index is 12.3. The van der Waals surface area contributed by atoms with Crippen LogP contribution in [0.25, 0.3) is 0 Å². The molecule has 0 aliphatic heterocycles. The fraction of sp³-hybridized carbons (Fsp3) is 0.550. The van der Waals surface area contributed by atoms with Crippen LogP contribution < -0.4 is 10.1 Å². The number of non-ortho nitro benzene ring substituents is 1. The lowest BCUT2D eigenvalue weighted by molar-refractivity contribution is -0.384. The van der Waals surface area contributed by atoms with E-state index < -0.39 is 29.0 Å². The van der Waals surface area contributed by atoms with Crippen molar-refractivity contribution in [3.63, 3.8) is 0 Å². The lowest BCUT2D eigenvalue weighted by Crippen LogP contribution is -2.43. The predicted octanol–water partition coefficient (Wildman–Crippen LogP) is 3.52. The third-order valence-corrected chi connectivity index (χ3v) is 3.97. The lowest BCUT2D eigenvalue weighted by Gasteiger charge is -2.17. The molecule has 0 unspecified atom stereocenters. The smallest absolute Gasteiger partial charge is 0.413 e. The van der Waals surface area contributed by atoms with Crippen molar-refractivity contribution in [2.45, 2.75) is 58.4 Å². The molecule has 0 bridgehead atoms. The summed E-state index contributed by atoms with van der Waals surface area (Å²) in [4.78, 5) is 46.3. The van der Waals surface area contributed by atoms with E-state index in [0.717, 1.165) is 19.3 Å². The number of nitrogens with one attached hydrogen (secondary N) is 1. The topological polar surface area (TPSA) is 134 Å². The molecule has 0 saturated heterocycles. The number of carbonyl (C=O) groups excluding carboxylic acids is 3. The van der Waals surface area contributed by atoms with Gasteiger partial charge in [-0.25, -0.2) is 9.59 Å². The minimum atomic E-state index is -1.09. The van der Waals surface area contributed by atoms with Gasteiger partial charge in [-0.05, 0) is 31.4 Å². The molecule has 0 fully saturated rings. The third-order valence-electron chi connectivity index (χ3n) is 3.97. The van der Waals surface area contributed by atoms with Gasteiger partial charge in [0.05, 0.1) is 18.1 Å². The van der Waals surface area contributed by atoms with E-state index in [0.29, 0.717) is 13.0 Å². The number of esters is 2. The number of benzene rings is 1. The van der Waals surface area contributed by atoms with Crippen LogP contribution in [-0.2, 0) is 19.1 Å². The molecule has 1 N–H and O–H groups in total. The summed E-state index contributed by atoms with van der Waals surface area (Å²) in [5.41, 5.74) is -0.151. The molecule has 1 amide bonds. The van der Waals surface area contributed by atoms with Gasteiger partial charge in [0.25, 0.3) is 5.69 Å². The summed E-state index contributed by atoms with van der Waals surface area (Å²) in [5, 5.41) is 13.0. The first-order valence-corrected chi connectivity index (χ1v) is 9.92. The van der Waals surface area contributed by atoms with E-state index >= 15 is 0 Å². The van der Waals surface area contributed by atoms with Gasteiger partial charge in [-0.1, -0.05) is 26.7 Å². The van der Waals surface area contributed by atoms with Crippen molar-refractivity contribution in [3.05, 3.63) is 34.4 Å². The summed E-state index contributed by atoms with van der Waals surface area (Å²) in [6, 6.07) is 3.80. The van der Waals surface area contributed by atoms with Crippen LogP contribution >= 0.6 is 0 Å². The average Bonchev–Trinajstić information content (AvgIpc) is 2.71.